The molecule has 2 aromatic heterocycles. The van der Waals surface area contributed by atoms with Gasteiger partial charge >= 0.3 is 0 Å². The number of hydrogen-bond acceptors (Lipinski definition) is 6. The van der Waals surface area contributed by atoms with E-state index in [-0.39, 0.29) is 5.56 Å². The Hall–Kier alpha value is -2.77. The summed E-state index contributed by atoms with van der Waals surface area (Å²) < 4.78 is 12.9. The van der Waals surface area contributed by atoms with Gasteiger partial charge < -0.3 is 9.47 Å². The molecule has 0 saturated carbocycles. The van der Waals surface area contributed by atoms with Crippen LogP contribution < -0.4 is 15.0 Å². The number of benzene rings is 2. The van der Waals surface area contributed by atoms with Crippen molar-refractivity contribution in [2.75, 3.05) is 19.5 Å². The first-order chi connectivity index (χ1) is 16.5. The molecular formula is C27H28N2O3S2. The van der Waals surface area contributed by atoms with Crippen LogP contribution in [0, 0.1) is 13.8 Å². The van der Waals surface area contributed by atoms with Gasteiger partial charge in [-0.05, 0) is 86.6 Å². The average molecular weight is 493 g/mol. The lowest BCUT2D eigenvalue weighted by molar-refractivity contribution is 0.342. The molecule has 1 aliphatic rings. The van der Waals surface area contributed by atoms with Crippen LogP contribution >= 0.6 is 23.1 Å². The van der Waals surface area contributed by atoms with E-state index in [1.807, 2.05) is 28.8 Å². The highest BCUT2D eigenvalue weighted by atomic mass is 32.2. The zero-order valence-electron chi connectivity index (χ0n) is 19.7. The largest absolute Gasteiger partial charge is 0.497 e. The summed E-state index contributed by atoms with van der Waals surface area (Å²) in [6.45, 7) is 4.62. The molecule has 0 unspecified atom stereocenters. The minimum Gasteiger partial charge on any atom is -0.497 e. The minimum absolute atomic E-state index is 0.0525. The highest BCUT2D eigenvalue weighted by Crippen LogP contribution is 2.35. The second kappa shape index (κ2) is 9.84. The number of nitrogens with zero attached hydrogens (tertiary/aromatic N) is 2. The maximum Gasteiger partial charge on any atom is 0.267 e. The van der Waals surface area contributed by atoms with Crippen molar-refractivity contribution in [2.24, 2.45) is 0 Å². The van der Waals surface area contributed by atoms with Crippen molar-refractivity contribution in [3.8, 4) is 17.2 Å². The molecule has 0 spiro atoms. The van der Waals surface area contributed by atoms with E-state index >= 15 is 0 Å². The van der Waals surface area contributed by atoms with Crippen LogP contribution in [0.1, 0.15) is 34.4 Å². The summed E-state index contributed by atoms with van der Waals surface area (Å²) in [6.07, 6.45) is 4.36. The Morgan fingerprint density at radius 1 is 1.06 bits per heavy atom. The molecule has 2 aromatic carbocycles. The van der Waals surface area contributed by atoms with Gasteiger partial charge in [0.05, 0.1) is 24.8 Å². The molecule has 0 saturated heterocycles. The molecule has 0 aliphatic heterocycles. The minimum atomic E-state index is 0.0525. The average Bonchev–Trinajstić information content (AvgIpc) is 3.23. The van der Waals surface area contributed by atoms with Gasteiger partial charge in [-0.15, -0.1) is 11.3 Å². The summed E-state index contributed by atoms with van der Waals surface area (Å²) in [7, 11) is 1.65. The zero-order valence-corrected chi connectivity index (χ0v) is 21.4. The fourth-order valence-electron chi connectivity index (χ4n) is 4.42. The summed E-state index contributed by atoms with van der Waals surface area (Å²) in [4.78, 5) is 21.2. The Balaban J connectivity index is 1.49. The molecule has 176 valence electrons. The van der Waals surface area contributed by atoms with Crippen LogP contribution in [0.15, 0.2) is 52.4 Å². The standard InChI is InChI=1S/C27H28N2O3S2/c1-17-8-9-18(2)22(16-17)29-26(30)24-21-6-4-5-7-23(21)34-25(24)28-27(29)33-15-14-32-20-12-10-19(31-3)11-13-20/h8-13,16H,4-7,14-15H2,1-3H3. The van der Waals surface area contributed by atoms with Gasteiger partial charge in [0.15, 0.2) is 5.16 Å². The normalized spacial score (nSPS) is 13.1. The summed E-state index contributed by atoms with van der Waals surface area (Å²) in [5.41, 5.74) is 4.38. The van der Waals surface area contributed by atoms with Gasteiger partial charge in [0.1, 0.15) is 16.3 Å². The molecule has 0 amide bonds. The van der Waals surface area contributed by atoms with Gasteiger partial charge in [0.25, 0.3) is 5.56 Å². The molecular weight excluding hydrogens is 464 g/mol. The van der Waals surface area contributed by atoms with E-state index < -0.39 is 0 Å². The monoisotopic (exact) mass is 492 g/mol. The molecule has 0 atom stereocenters. The number of rotatable bonds is 7. The van der Waals surface area contributed by atoms with Crippen molar-refractivity contribution < 1.29 is 9.47 Å². The van der Waals surface area contributed by atoms with Gasteiger partial charge in [-0.2, -0.15) is 0 Å². The van der Waals surface area contributed by atoms with E-state index in [0.29, 0.717) is 12.4 Å². The number of methoxy groups -OCH3 is 1. The molecule has 7 heteroatoms. The SMILES string of the molecule is COc1ccc(OCCSc2nc3sc4c(c3c(=O)n2-c2cc(C)ccc2C)CCCC4)cc1. The van der Waals surface area contributed by atoms with E-state index in [0.717, 1.165) is 62.9 Å². The Bertz CT molecular complexity index is 1390. The lowest BCUT2D eigenvalue weighted by Crippen LogP contribution is -2.23. The second-order valence-corrected chi connectivity index (χ2v) is 10.7. The smallest absolute Gasteiger partial charge is 0.267 e. The van der Waals surface area contributed by atoms with Crippen molar-refractivity contribution in [1.82, 2.24) is 9.55 Å². The fraction of sp³-hybridized carbons (Fsp3) is 0.333. The topological polar surface area (TPSA) is 53.4 Å². The molecule has 34 heavy (non-hydrogen) atoms. The van der Waals surface area contributed by atoms with Crippen molar-refractivity contribution in [3.63, 3.8) is 0 Å². The van der Waals surface area contributed by atoms with Gasteiger partial charge in [0, 0.05) is 10.6 Å². The lowest BCUT2D eigenvalue weighted by Gasteiger charge is -2.16. The summed E-state index contributed by atoms with van der Waals surface area (Å²) in [5, 5.41) is 1.54. The Morgan fingerprint density at radius 2 is 1.82 bits per heavy atom. The molecule has 0 fully saturated rings. The Morgan fingerprint density at radius 3 is 2.62 bits per heavy atom. The first-order valence-corrected chi connectivity index (χ1v) is 13.4. The molecule has 5 rings (SSSR count). The number of thiophene rings is 1. The van der Waals surface area contributed by atoms with Crippen LogP contribution in [0.4, 0.5) is 0 Å². The Labute approximate surface area is 207 Å². The summed E-state index contributed by atoms with van der Waals surface area (Å²) in [5.74, 6) is 2.28. The summed E-state index contributed by atoms with van der Waals surface area (Å²) in [6, 6.07) is 13.8. The van der Waals surface area contributed by atoms with Crippen LogP contribution in [0.5, 0.6) is 11.5 Å². The number of ether oxygens (including phenoxy) is 2. The number of aromatic nitrogens is 2. The molecule has 5 nitrogen and oxygen atoms in total. The van der Waals surface area contributed by atoms with Gasteiger partial charge in [-0.1, -0.05) is 23.9 Å². The van der Waals surface area contributed by atoms with Crippen LogP contribution in [-0.4, -0.2) is 29.0 Å². The summed E-state index contributed by atoms with van der Waals surface area (Å²) >= 11 is 3.27. The van der Waals surface area contributed by atoms with Gasteiger partial charge in [-0.3, -0.25) is 9.36 Å². The third-order valence-corrected chi connectivity index (χ3v) is 8.29. The van der Waals surface area contributed by atoms with Crippen molar-refractivity contribution >= 4 is 33.3 Å². The lowest BCUT2D eigenvalue weighted by atomic mass is 9.97. The fourth-order valence-corrected chi connectivity index (χ4v) is 6.55. The maximum absolute atomic E-state index is 13.9. The molecule has 0 radical (unpaired) electrons. The van der Waals surface area contributed by atoms with E-state index in [2.05, 4.69) is 32.0 Å². The number of hydrogen-bond donors (Lipinski definition) is 0. The second-order valence-electron chi connectivity index (χ2n) is 8.59. The van der Waals surface area contributed by atoms with Crippen LogP contribution in [0.2, 0.25) is 0 Å². The first-order valence-electron chi connectivity index (χ1n) is 11.6. The van der Waals surface area contributed by atoms with Crippen molar-refractivity contribution in [1.29, 1.82) is 0 Å². The first kappa shape index (κ1) is 23.0. The molecule has 4 aromatic rings. The van der Waals surface area contributed by atoms with Crippen molar-refractivity contribution in [2.45, 2.75) is 44.7 Å². The zero-order chi connectivity index (χ0) is 23.7. The maximum atomic E-state index is 13.9. The van der Waals surface area contributed by atoms with Crippen LogP contribution in [0.25, 0.3) is 15.9 Å². The third kappa shape index (κ3) is 4.46. The van der Waals surface area contributed by atoms with E-state index in [1.165, 1.54) is 16.9 Å². The van der Waals surface area contributed by atoms with E-state index in [9.17, 15) is 4.79 Å². The molecule has 0 bridgehead atoms. The van der Waals surface area contributed by atoms with E-state index in [1.54, 1.807) is 30.2 Å². The van der Waals surface area contributed by atoms with Crippen LogP contribution in [-0.2, 0) is 12.8 Å². The van der Waals surface area contributed by atoms with Gasteiger partial charge in [-0.25, -0.2) is 4.98 Å². The molecule has 1 aliphatic carbocycles. The quantitative estimate of drug-likeness (QED) is 0.177. The third-order valence-electron chi connectivity index (χ3n) is 6.21. The highest BCUT2D eigenvalue weighted by molar-refractivity contribution is 7.99. The Kier molecular flexibility index (Phi) is 6.66. The van der Waals surface area contributed by atoms with E-state index in [4.69, 9.17) is 14.5 Å². The van der Waals surface area contributed by atoms with Crippen molar-refractivity contribution in [3.05, 3.63) is 74.4 Å². The number of fused-ring (bicyclic) bond motifs is 3. The predicted molar refractivity (Wildman–Crippen MR) is 141 cm³/mol. The highest BCUT2D eigenvalue weighted by Gasteiger charge is 2.23. The molecule has 0 N–H and O–H groups in total. The van der Waals surface area contributed by atoms with Gasteiger partial charge in [0.2, 0.25) is 0 Å². The number of thioether (sulfide) groups is 1. The predicted octanol–water partition coefficient (Wildman–Crippen LogP) is 6.12. The van der Waals surface area contributed by atoms with Crippen LogP contribution in [0.3, 0.4) is 0 Å². The molecule has 2 heterocycles. The number of aryl methyl sites for hydroxylation is 4.